The lowest BCUT2D eigenvalue weighted by molar-refractivity contribution is 0.596. The first-order valence-corrected chi connectivity index (χ1v) is 10.7. The van der Waals surface area contributed by atoms with Crippen LogP contribution in [0, 0.1) is 6.92 Å². The molecule has 144 valence electrons. The number of halogens is 1. The van der Waals surface area contributed by atoms with E-state index in [-0.39, 0.29) is 36.3 Å². The van der Waals surface area contributed by atoms with Gasteiger partial charge in [0.1, 0.15) is 0 Å². The number of thiazole rings is 1. The second kappa shape index (κ2) is 11.5. The third kappa shape index (κ3) is 7.58. The number of aromatic nitrogens is 1. The smallest absolute Gasteiger partial charge is 0.191 e. The van der Waals surface area contributed by atoms with Gasteiger partial charge in [0.25, 0.3) is 0 Å². The molecule has 1 aromatic heterocycles. The van der Waals surface area contributed by atoms with Gasteiger partial charge in [-0.15, -0.1) is 35.3 Å². The quantitative estimate of drug-likeness (QED) is 0.326. The van der Waals surface area contributed by atoms with Crippen LogP contribution in [-0.4, -0.2) is 44.7 Å². The van der Waals surface area contributed by atoms with Crippen LogP contribution in [0.15, 0.2) is 46.4 Å². The second-order valence-corrected chi connectivity index (χ2v) is 8.86. The summed E-state index contributed by atoms with van der Waals surface area (Å²) in [4.78, 5) is 10.2. The summed E-state index contributed by atoms with van der Waals surface area (Å²) in [6.45, 7) is 5.64. The van der Waals surface area contributed by atoms with Crippen LogP contribution in [0.1, 0.15) is 16.8 Å². The number of hydrogen-bond acceptors (Lipinski definition) is 5. The lowest BCUT2D eigenvalue weighted by atomic mass is 10.4. The molecule has 1 heterocycles. The minimum Gasteiger partial charge on any atom is -0.357 e. The molecule has 0 saturated heterocycles. The zero-order valence-electron chi connectivity index (χ0n) is 14.9. The molecule has 2 N–H and O–H groups in total. The van der Waals surface area contributed by atoms with Crippen molar-refractivity contribution in [3.8, 4) is 0 Å². The van der Waals surface area contributed by atoms with Crippen LogP contribution >= 0.6 is 35.3 Å². The third-order valence-corrected chi connectivity index (χ3v) is 6.06. The van der Waals surface area contributed by atoms with Gasteiger partial charge in [-0.3, -0.25) is 4.99 Å². The first-order chi connectivity index (χ1) is 12.0. The number of benzene rings is 1. The van der Waals surface area contributed by atoms with Crippen molar-refractivity contribution < 1.29 is 8.42 Å². The Morgan fingerprint density at radius 2 is 1.96 bits per heavy atom. The molecule has 0 fully saturated rings. The van der Waals surface area contributed by atoms with Gasteiger partial charge in [0.2, 0.25) is 0 Å². The van der Waals surface area contributed by atoms with Gasteiger partial charge in [-0.25, -0.2) is 13.4 Å². The molecular formula is C17H25IN4O2S2. The van der Waals surface area contributed by atoms with Crippen LogP contribution in [-0.2, 0) is 16.3 Å². The van der Waals surface area contributed by atoms with Crippen molar-refractivity contribution in [1.29, 1.82) is 0 Å². The van der Waals surface area contributed by atoms with Crippen LogP contribution in [0.4, 0.5) is 0 Å². The number of rotatable bonds is 8. The molecule has 2 rings (SSSR count). The maximum Gasteiger partial charge on any atom is 0.191 e. The highest BCUT2D eigenvalue weighted by molar-refractivity contribution is 14.0. The molecule has 9 heteroatoms. The number of guanidine groups is 1. The lowest BCUT2D eigenvalue weighted by Crippen LogP contribution is -2.38. The maximum atomic E-state index is 12.3. The fraction of sp³-hybridized carbons (Fsp3) is 0.412. The Morgan fingerprint density at radius 3 is 2.58 bits per heavy atom. The third-order valence-electron chi connectivity index (χ3n) is 3.38. The van der Waals surface area contributed by atoms with Gasteiger partial charge in [0, 0.05) is 30.6 Å². The molecule has 0 amide bonds. The summed E-state index contributed by atoms with van der Waals surface area (Å²) < 4.78 is 24.5. The van der Waals surface area contributed by atoms with E-state index in [1.807, 2.05) is 20.0 Å². The zero-order chi connectivity index (χ0) is 18.1. The van der Waals surface area contributed by atoms with Gasteiger partial charge in [0.05, 0.1) is 22.2 Å². The first kappa shape index (κ1) is 22.8. The molecule has 0 atom stereocenters. The van der Waals surface area contributed by atoms with Gasteiger partial charge < -0.3 is 10.6 Å². The highest BCUT2D eigenvalue weighted by atomic mass is 127. The van der Waals surface area contributed by atoms with Crippen molar-refractivity contribution >= 4 is 51.1 Å². The summed E-state index contributed by atoms with van der Waals surface area (Å²) in [5, 5.41) is 7.42. The SMILES string of the molecule is CCNC(=NCCS(=O)(=O)c1ccccc1)NCCc1ncc(C)s1.I. The number of hydrogen-bond donors (Lipinski definition) is 2. The minimum atomic E-state index is -3.30. The van der Waals surface area contributed by atoms with E-state index in [4.69, 9.17) is 0 Å². The van der Waals surface area contributed by atoms with Gasteiger partial charge in [-0.2, -0.15) is 0 Å². The van der Waals surface area contributed by atoms with E-state index in [1.165, 1.54) is 4.88 Å². The van der Waals surface area contributed by atoms with E-state index in [0.717, 1.165) is 11.4 Å². The van der Waals surface area contributed by atoms with Gasteiger partial charge in [0.15, 0.2) is 15.8 Å². The molecule has 0 aliphatic rings. The Balaban J connectivity index is 0.00000338. The zero-order valence-corrected chi connectivity index (χ0v) is 18.9. The summed E-state index contributed by atoms with van der Waals surface area (Å²) >= 11 is 1.68. The maximum absolute atomic E-state index is 12.3. The van der Waals surface area contributed by atoms with Gasteiger partial charge >= 0.3 is 0 Å². The topological polar surface area (TPSA) is 83.5 Å². The Morgan fingerprint density at radius 1 is 1.23 bits per heavy atom. The Bertz CT molecular complexity index is 792. The summed E-state index contributed by atoms with van der Waals surface area (Å²) in [5.74, 6) is 0.609. The molecule has 0 spiro atoms. The van der Waals surface area contributed by atoms with Crippen molar-refractivity contribution in [3.05, 3.63) is 46.4 Å². The minimum absolute atomic E-state index is 0. The molecule has 6 nitrogen and oxygen atoms in total. The molecule has 0 unspecified atom stereocenters. The molecule has 2 aromatic rings. The summed E-state index contributed by atoms with van der Waals surface area (Å²) in [7, 11) is -3.30. The van der Waals surface area contributed by atoms with Crippen LogP contribution in [0.25, 0.3) is 0 Å². The highest BCUT2D eigenvalue weighted by Gasteiger charge is 2.13. The van der Waals surface area contributed by atoms with Gasteiger partial charge in [-0.05, 0) is 26.0 Å². The van der Waals surface area contributed by atoms with E-state index in [2.05, 4.69) is 20.6 Å². The first-order valence-electron chi connectivity index (χ1n) is 8.22. The van der Waals surface area contributed by atoms with Crippen LogP contribution < -0.4 is 10.6 Å². The van der Waals surface area contributed by atoms with E-state index in [1.54, 1.807) is 41.7 Å². The fourth-order valence-electron chi connectivity index (χ4n) is 2.17. The molecule has 0 bridgehead atoms. The van der Waals surface area contributed by atoms with Crippen molar-refractivity contribution in [1.82, 2.24) is 15.6 Å². The number of sulfone groups is 1. The Labute approximate surface area is 176 Å². The van der Waals surface area contributed by atoms with Crippen molar-refractivity contribution in [2.24, 2.45) is 4.99 Å². The van der Waals surface area contributed by atoms with Crippen LogP contribution in [0.5, 0.6) is 0 Å². The average Bonchev–Trinajstić information content (AvgIpc) is 3.01. The standard InChI is InChI=1S/C17H24N4O2S2.HI/c1-3-18-17(19-10-9-16-21-13-14(2)24-16)20-11-12-25(22,23)15-7-5-4-6-8-15;/h4-8,13H,3,9-12H2,1-2H3,(H2,18,19,20);1H. The normalized spacial score (nSPS) is 11.7. The largest absolute Gasteiger partial charge is 0.357 e. The monoisotopic (exact) mass is 508 g/mol. The summed E-state index contributed by atoms with van der Waals surface area (Å²) in [5.41, 5.74) is 0. The molecule has 0 aliphatic carbocycles. The predicted molar refractivity (Wildman–Crippen MR) is 118 cm³/mol. The fourth-order valence-corrected chi connectivity index (χ4v) is 4.10. The summed E-state index contributed by atoms with van der Waals surface area (Å²) in [6, 6.07) is 8.47. The second-order valence-electron chi connectivity index (χ2n) is 5.43. The average molecular weight is 508 g/mol. The number of aryl methyl sites for hydroxylation is 1. The highest BCUT2D eigenvalue weighted by Crippen LogP contribution is 2.11. The van der Waals surface area contributed by atoms with Crippen molar-refractivity contribution in [2.75, 3.05) is 25.4 Å². The van der Waals surface area contributed by atoms with Crippen molar-refractivity contribution in [2.45, 2.75) is 25.2 Å². The van der Waals surface area contributed by atoms with E-state index >= 15 is 0 Å². The predicted octanol–water partition coefficient (Wildman–Crippen LogP) is 2.64. The van der Waals surface area contributed by atoms with Crippen LogP contribution in [0.2, 0.25) is 0 Å². The van der Waals surface area contributed by atoms with E-state index < -0.39 is 9.84 Å². The molecular weight excluding hydrogens is 483 g/mol. The number of aliphatic imine (C=N–C) groups is 1. The molecule has 1 aromatic carbocycles. The molecule has 0 aliphatic heterocycles. The van der Waals surface area contributed by atoms with Crippen LogP contribution in [0.3, 0.4) is 0 Å². The number of nitrogens with one attached hydrogen (secondary N) is 2. The lowest BCUT2D eigenvalue weighted by Gasteiger charge is -2.10. The summed E-state index contributed by atoms with van der Waals surface area (Å²) in [6.07, 6.45) is 2.68. The van der Waals surface area contributed by atoms with Crippen molar-refractivity contribution in [3.63, 3.8) is 0 Å². The number of nitrogens with zero attached hydrogens (tertiary/aromatic N) is 2. The van der Waals surface area contributed by atoms with E-state index in [0.29, 0.717) is 23.9 Å². The molecule has 26 heavy (non-hydrogen) atoms. The Kier molecular flexibility index (Phi) is 10.1. The van der Waals surface area contributed by atoms with Gasteiger partial charge in [-0.1, -0.05) is 18.2 Å². The Hall–Kier alpha value is -1.20. The molecule has 0 saturated carbocycles. The van der Waals surface area contributed by atoms with E-state index in [9.17, 15) is 8.42 Å². The molecule has 0 radical (unpaired) electrons.